The van der Waals surface area contributed by atoms with Gasteiger partial charge in [0, 0.05) is 20.1 Å². The maximum Gasteiger partial charge on any atom is 0.127 e. The van der Waals surface area contributed by atoms with Crippen LogP contribution >= 0.6 is 39.1 Å². The summed E-state index contributed by atoms with van der Waals surface area (Å²) in [5.41, 5.74) is 10.3. The summed E-state index contributed by atoms with van der Waals surface area (Å²) in [5, 5.41) is 1.13. The van der Waals surface area contributed by atoms with Crippen LogP contribution < -0.4 is 10.5 Å². The summed E-state index contributed by atoms with van der Waals surface area (Å²) in [5.74, 6) is 0.791. The maximum absolute atomic E-state index is 6.45. The molecule has 1 atom stereocenters. The first-order valence-corrected chi connectivity index (χ1v) is 7.95. The Morgan fingerprint density at radius 1 is 1.10 bits per heavy atom. The number of hydrogen-bond acceptors (Lipinski definition) is 2. The van der Waals surface area contributed by atoms with Gasteiger partial charge in [-0.2, -0.15) is 0 Å². The van der Waals surface area contributed by atoms with Crippen molar-refractivity contribution in [1.82, 2.24) is 0 Å². The second-order valence-corrected chi connectivity index (χ2v) is 6.65. The number of ether oxygens (including phenoxy) is 1. The highest BCUT2D eigenvalue weighted by Gasteiger charge is 2.21. The van der Waals surface area contributed by atoms with Crippen molar-refractivity contribution in [3.05, 3.63) is 61.0 Å². The van der Waals surface area contributed by atoms with Crippen LogP contribution in [-0.2, 0) is 0 Å². The second-order valence-electron chi connectivity index (χ2n) is 4.93. The number of aryl methyl sites for hydroxylation is 1. The van der Waals surface area contributed by atoms with E-state index in [1.54, 1.807) is 13.2 Å². The van der Waals surface area contributed by atoms with Crippen molar-refractivity contribution < 1.29 is 4.74 Å². The normalized spacial score (nSPS) is 12.3. The van der Waals surface area contributed by atoms with Gasteiger partial charge in [0.25, 0.3) is 0 Å². The Morgan fingerprint density at radius 2 is 1.67 bits per heavy atom. The lowest BCUT2D eigenvalue weighted by Gasteiger charge is -2.22. The second kappa shape index (κ2) is 6.57. The summed E-state index contributed by atoms with van der Waals surface area (Å²) in [7, 11) is 1.65. The number of benzene rings is 2. The van der Waals surface area contributed by atoms with Crippen LogP contribution in [0.4, 0.5) is 0 Å². The quantitative estimate of drug-likeness (QED) is 0.760. The zero-order valence-electron chi connectivity index (χ0n) is 12.0. The predicted molar refractivity (Wildman–Crippen MR) is 92.7 cm³/mol. The van der Waals surface area contributed by atoms with Gasteiger partial charge in [-0.3, -0.25) is 0 Å². The molecule has 2 aromatic carbocycles. The van der Waals surface area contributed by atoms with E-state index in [1.807, 2.05) is 32.0 Å². The lowest BCUT2D eigenvalue weighted by Crippen LogP contribution is -2.15. The van der Waals surface area contributed by atoms with Gasteiger partial charge in [-0.05, 0) is 54.8 Å². The molecule has 21 heavy (non-hydrogen) atoms. The molecule has 1 unspecified atom stereocenters. The summed E-state index contributed by atoms with van der Waals surface area (Å²) >= 11 is 15.7. The zero-order valence-corrected chi connectivity index (χ0v) is 15.1. The molecule has 0 aliphatic rings. The molecule has 112 valence electrons. The van der Waals surface area contributed by atoms with Crippen molar-refractivity contribution in [3.8, 4) is 5.75 Å². The Morgan fingerprint density at radius 3 is 2.19 bits per heavy atom. The van der Waals surface area contributed by atoms with Crippen molar-refractivity contribution >= 4 is 39.1 Å². The Bertz CT molecular complexity index is 668. The molecule has 0 amide bonds. The van der Waals surface area contributed by atoms with Crippen LogP contribution in [0.5, 0.6) is 5.75 Å². The van der Waals surface area contributed by atoms with Crippen molar-refractivity contribution in [1.29, 1.82) is 0 Å². The van der Waals surface area contributed by atoms with Crippen LogP contribution in [0.3, 0.4) is 0 Å². The summed E-state index contributed by atoms with van der Waals surface area (Å²) in [6.07, 6.45) is 0. The van der Waals surface area contributed by atoms with E-state index >= 15 is 0 Å². The average molecular weight is 389 g/mol. The molecule has 0 aliphatic heterocycles. The average Bonchev–Trinajstić information content (AvgIpc) is 2.40. The Kier molecular flexibility index (Phi) is 5.20. The van der Waals surface area contributed by atoms with Gasteiger partial charge in [-0.1, -0.05) is 39.1 Å². The molecule has 0 spiro atoms. The van der Waals surface area contributed by atoms with Crippen molar-refractivity contribution in [2.45, 2.75) is 19.9 Å². The van der Waals surface area contributed by atoms with Crippen LogP contribution in [0.2, 0.25) is 10.0 Å². The van der Waals surface area contributed by atoms with Gasteiger partial charge in [0.2, 0.25) is 0 Å². The largest absolute Gasteiger partial charge is 0.496 e. The standard InChI is InChI=1S/C16H16BrCl2NO/c1-8-4-13(17)9(2)14(16(8)21-3)15(20)10-5-11(18)7-12(19)6-10/h4-7,15H,20H2,1-3H3. The third kappa shape index (κ3) is 3.37. The molecular formula is C16H16BrCl2NO. The van der Waals surface area contributed by atoms with Gasteiger partial charge in [-0.15, -0.1) is 0 Å². The van der Waals surface area contributed by atoms with Crippen LogP contribution in [-0.4, -0.2) is 7.11 Å². The van der Waals surface area contributed by atoms with E-state index in [4.69, 9.17) is 33.7 Å². The number of hydrogen-bond donors (Lipinski definition) is 1. The Labute approximate surface area is 143 Å². The Balaban J connectivity index is 2.64. The number of methoxy groups -OCH3 is 1. The van der Waals surface area contributed by atoms with Crippen molar-refractivity contribution in [2.24, 2.45) is 5.73 Å². The minimum atomic E-state index is -0.368. The van der Waals surface area contributed by atoms with Gasteiger partial charge in [0.1, 0.15) is 5.75 Å². The lowest BCUT2D eigenvalue weighted by atomic mass is 9.93. The first-order valence-electron chi connectivity index (χ1n) is 6.40. The van der Waals surface area contributed by atoms with Gasteiger partial charge < -0.3 is 10.5 Å². The van der Waals surface area contributed by atoms with Crippen LogP contribution in [0.25, 0.3) is 0 Å². The molecule has 2 nitrogen and oxygen atoms in total. The molecule has 0 saturated carbocycles. The molecule has 0 bridgehead atoms. The van der Waals surface area contributed by atoms with Gasteiger partial charge in [0.15, 0.2) is 0 Å². The fourth-order valence-corrected chi connectivity index (χ4v) is 3.54. The summed E-state index contributed by atoms with van der Waals surface area (Å²) < 4.78 is 6.55. The lowest BCUT2D eigenvalue weighted by molar-refractivity contribution is 0.404. The molecule has 0 aliphatic carbocycles. The molecule has 2 N–H and O–H groups in total. The third-order valence-electron chi connectivity index (χ3n) is 3.47. The van der Waals surface area contributed by atoms with E-state index in [0.29, 0.717) is 10.0 Å². The zero-order chi connectivity index (χ0) is 15.7. The predicted octanol–water partition coefficient (Wildman–Crippen LogP) is 5.43. The molecular weight excluding hydrogens is 373 g/mol. The van der Waals surface area contributed by atoms with Crippen molar-refractivity contribution in [2.75, 3.05) is 7.11 Å². The van der Waals surface area contributed by atoms with Crippen molar-refractivity contribution in [3.63, 3.8) is 0 Å². The fourth-order valence-electron chi connectivity index (χ4n) is 2.44. The minimum absolute atomic E-state index is 0.368. The maximum atomic E-state index is 6.45. The number of halogens is 3. The third-order valence-corrected chi connectivity index (χ3v) is 4.73. The topological polar surface area (TPSA) is 35.2 Å². The summed E-state index contributed by atoms with van der Waals surface area (Å²) in [6, 6.07) is 7.00. The van der Waals surface area contributed by atoms with Gasteiger partial charge >= 0.3 is 0 Å². The smallest absolute Gasteiger partial charge is 0.127 e. The van der Waals surface area contributed by atoms with Gasteiger partial charge in [-0.25, -0.2) is 0 Å². The first-order chi connectivity index (χ1) is 9.85. The van der Waals surface area contributed by atoms with E-state index < -0.39 is 0 Å². The molecule has 0 saturated heterocycles. The first kappa shape index (κ1) is 16.6. The van der Waals surface area contributed by atoms with E-state index in [9.17, 15) is 0 Å². The van der Waals surface area contributed by atoms with E-state index in [-0.39, 0.29) is 6.04 Å². The van der Waals surface area contributed by atoms with E-state index in [0.717, 1.165) is 32.5 Å². The molecule has 0 fully saturated rings. The number of rotatable bonds is 3. The Hall–Kier alpha value is -0.740. The van der Waals surface area contributed by atoms with E-state index in [2.05, 4.69) is 15.9 Å². The molecule has 0 heterocycles. The molecule has 0 aromatic heterocycles. The summed E-state index contributed by atoms with van der Waals surface area (Å²) in [4.78, 5) is 0. The highest BCUT2D eigenvalue weighted by Crippen LogP contribution is 2.38. The van der Waals surface area contributed by atoms with Crippen LogP contribution in [0, 0.1) is 13.8 Å². The molecule has 5 heteroatoms. The monoisotopic (exact) mass is 387 g/mol. The highest BCUT2D eigenvalue weighted by atomic mass is 79.9. The summed E-state index contributed by atoms with van der Waals surface area (Å²) in [6.45, 7) is 4.00. The van der Waals surface area contributed by atoms with Crippen LogP contribution in [0.1, 0.15) is 28.3 Å². The van der Waals surface area contributed by atoms with Crippen LogP contribution in [0.15, 0.2) is 28.7 Å². The molecule has 2 rings (SSSR count). The molecule has 2 aromatic rings. The molecule has 0 radical (unpaired) electrons. The van der Waals surface area contributed by atoms with Gasteiger partial charge in [0.05, 0.1) is 13.2 Å². The van der Waals surface area contributed by atoms with E-state index in [1.165, 1.54) is 0 Å². The number of nitrogens with two attached hydrogens (primary N) is 1. The fraction of sp³-hybridized carbons (Fsp3) is 0.250. The minimum Gasteiger partial charge on any atom is -0.496 e. The highest BCUT2D eigenvalue weighted by molar-refractivity contribution is 9.10. The SMILES string of the molecule is COc1c(C)cc(Br)c(C)c1C(N)c1cc(Cl)cc(Cl)c1.